The van der Waals surface area contributed by atoms with Gasteiger partial charge in [-0.25, -0.2) is 9.59 Å². The number of hydrogen-bond donors (Lipinski definition) is 1. The summed E-state index contributed by atoms with van der Waals surface area (Å²) < 4.78 is 17.3. The van der Waals surface area contributed by atoms with Crippen LogP contribution in [0.4, 0.5) is 5.69 Å². The van der Waals surface area contributed by atoms with Gasteiger partial charge in [0.1, 0.15) is 5.82 Å². The molecule has 1 aliphatic heterocycles. The second-order valence-electron chi connectivity index (χ2n) is 7.82. The van der Waals surface area contributed by atoms with Gasteiger partial charge in [0, 0.05) is 12.5 Å². The third kappa shape index (κ3) is 6.11. The van der Waals surface area contributed by atoms with E-state index in [2.05, 4.69) is 15.5 Å². The van der Waals surface area contributed by atoms with Crippen LogP contribution in [0, 0.1) is 0 Å². The number of esters is 2. The molecule has 2 aromatic rings. The van der Waals surface area contributed by atoms with E-state index in [1.807, 2.05) is 18.4 Å². The van der Waals surface area contributed by atoms with Gasteiger partial charge in [-0.1, -0.05) is 25.6 Å². The largest absolute Gasteiger partial charge is 0.465 e. The quantitative estimate of drug-likeness (QED) is 0.430. The van der Waals surface area contributed by atoms with Crippen LogP contribution in [0.15, 0.2) is 23.4 Å². The molecule has 1 saturated heterocycles. The Balaban J connectivity index is 1.74. The van der Waals surface area contributed by atoms with Crippen LogP contribution in [-0.2, 0) is 25.5 Å². The molecule has 11 heteroatoms. The second-order valence-corrected chi connectivity index (χ2v) is 8.76. The number of nitrogens with one attached hydrogen (secondary N) is 1. The number of rotatable bonds is 9. The van der Waals surface area contributed by atoms with Crippen LogP contribution in [0.3, 0.4) is 0 Å². The van der Waals surface area contributed by atoms with Crippen molar-refractivity contribution >= 4 is 35.3 Å². The van der Waals surface area contributed by atoms with Crippen molar-refractivity contribution in [3.8, 4) is 0 Å². The zero-order chi connectivity index (χ0) is 24.0. The topological polar surface area (TPSA) is 122 Å². The number of carbonyl (C=O) groups is 3. The van der Waals surface area contributed by atoms with E-state index < -0.39 is 11.9 Å². The summed E-state index contributed by atoms with van der Waals surface area (Å²) in [5, 5.41) is 11.9. The Hall–Kier alpha value is -2.92. The average Bonchev–Trinajstić information content (AvgIpc) is 3.47. The molecule has 3 rings (SSSR count). The lowest BCUT2D eigenvalue weighted by Crippen LogP contribution is -2.20. The lowest BCUT2D eigenvalue weighted by molar-refractivity contribution is -0.113. The van der Waals surface area contributed by atoms with Gasteiger partial charge < -0.3 is 24.1 Å². The molecule has 33 heavy (non-hydrogen) atoms. The fourth-order valence-electron chi connectivity index (χ4n) is 3.49. The van der Waals surface area contributed by atoms with Crippen molar-refractivity contribution in [1.82, 2.24) is 14.8 Å². The van der Waals surface area contributed by atoms with Crippen molar-refractivity contribution in [3.63, 3.8) is 0 Å². The van der Waals surface area contributed by atoms with Crippen LogP contribution in [0.1, 0.15) is 59.1 Å². The van der Waals surface area contributed by atoms with Gasteiger partial charge in [-0.05, 0) is 31.0 Å². The van der Waals surface area contributed by atoms with Crippen molar-refractivity contribution < 1.29 is 28.6 Å². The summed E-state index contributed by atoms with van der Waals surface area (Å²) in [7, 11) is 2.49. The molecular weight excluding hydrogens is 448 g/mol. The Labute approximate surface area is 196 Å². The predicted octanol–water partition coefficient (Wildman–Crippen LogP) is 2.88. The Morgan fingerprint density at radius 1 is 1.21 bits per heavy atom. The maximum Gasteiger partial charge on any atom is 0.339 e. The predicted molar refractivity (Wildman–Crippen MR) is 122 cm³/mol. The highest BCUT2D eigenvalue weighted by Gasteiger charge is 2.23. The smallest absolute Gasteiger partial charge is 0.339 e. The average molecular weight is 477 g/mol. The van der Waals surface area contributed by atoms with Gasteiger partial charge in [0.05, 0.1) is 49.4 Å². The van der Waals surface area contributed by atoms with E-state index in [0.29, 0.717) is 11.7 Å². The first kappa shape index (κ1) is 24.7. The summed E-state index contributed by atoms with van der Waals surface area (Å²) in [6.07, 6.45) is 2.12. The molecule has 1 amide bonds. The van der Waals surface area contributed by atoms with E-state index in [0.717, 1.165) is 25.3 Å². The number of amides is 1. The maximum absolute atomic E-state index is 12.7. The molecule has 178 valence electrons. The number of benzene rings is 1. The standard InChI is InChI=1S/C22H28N4O6S/c1-13(2)19-24-25-22(26(19)11-15-6-5-9-32-15)33-12-18(27)23-17-10-14(20(28)30-3)7-8-16(17)21(29)31-4/h7-8,10,13,15H,5-6,9,11-12H2,1-4H3,(H,23,27). The first-order valence-electron chi connectivity index (χ1n) is 10.6. The SMILES string of the molecule is COC(=O)c1ccc(C(=O)OC)c(NC(=O)CSc2nnc(C(C)C)n2CC2CCCO2)c1. The van der Waals surface area contributed by atoms with Gasteiger partial charge >= 0.3 is 11.9 Å². The molecular formula is C22H28N4O6S. The number of carbonyl (C=O) groups excluding carboxylic acids is 3. The minimum absolute atomic E-state index is 0.0326. The molecule has 0 radical (unpaired) electrons. The maximum atomic E-state index is 12.7. The summed E-state index contributed by atoms with van der Waals surface area (Å²) >= 11 is 1.24. The van der Waals surface area contributed by atoms with Gasteiger partial charge in [-0.15, -0.1) is 10.2 Å². The summed E-state index contributed by atoms with van der Waals surface area (Å²) in [4.78, 5) is 36.7. The highest BCUT2D eigenvalue weighted by molar-refractivity contribution is 7.99. The van der Waals surface area contributed by atoms with Gasteiger partial charge in [0.2, 0.25) is 5.91 Å². The minimum Gasteiger partial charge on any atom is -0.465 e. The molecule has 2 heterocycles. The summed E-state index contributed by atoms with van der Waals surface area (Å²) in [5.41, 5.74) is 0.497. The van der Waals surface area contributed by atoms with Crippen molar-refractivity contribution in [3.05, 3.63) is 35.2 Å². The van der Waals surface area contributed by atoms with E-state index in [9.17, 15) is 14.4 Å². The van der Waals surface area contributed by atoms with Crippen molar-refractivity contribution in [2.24, 2.45) is 0 Å². The lowest BCUT2D eigenvalue weighted by atomic mass is 10.1. The van der Waals surface area contributed by atoms with E-state index in [1.165, 1.54) is 44.2 Å². The highest BCUT2D eigenvalue weighted by atomic mass is 32.2. The van der Waals surface area contributed by atoms with Gasteiger partial charge in [-0.3, -0.25) is 4.79 Å². The lowest BCUT2D eigenvalue weighted by Gasteiger charge is -2.16. The summed E-state index contributed by atoms with van der Waals surface area (Å²) in [6.45, 7) is 5.47. The Bertz CT molecular complexity index is 1020. The fraction of sp³-hybridized carbons (Fsp3) is 0.500. The van der Waals surface area contributed by atoms with Gasteiger partial charge in [-0.2, -0.15) is 0 Å². The van der Waals surface area contributed by atoms with Crippen molar-refractivity contribution in [2.75, 3.05) is 31.9 Å². The molecule has 1 fully saturated rings. The van der Waals surface area contributed by atoms with Crippen LogP contribution in [0.2, 0.25) is 0 Å². The van der Waals surface area contributed by atoms with Crippen LogP contribution >= 0.6 is 11.8 Å². The number of anilines is 1. The number of aromatic nitrogens is 3. The summed E-state index contributed by atoms with van der Waals surface area (Å²) in [5.74, 6) is -0.542. The molecule has 0 aliphatic carbocycles. The number of nitrogens with zero attached hydrogens (tertiary/aromatic N) is 3. The second kappa shape index (κ2) is 11.3. The monoisotopic (exact) mass is 476 g/mol. The normalized spacial score (nSPS) is 15.5. The molecule has 10 nitrogen and oxygen atoms in total. The molecule has 1 N–H and O–H groups in total. The van der Waals surface area contributed by atoms with Gasteiger partial charge in [0.15, 0.2) is 5.16 Å². The number of thioether (sulfide) groups is 1. The molecule has 1 unspecified atom stereocenters. The molecule has 1 aromatic heterocycles. The molecule has 1 aromatic carbocycles. The van der Waals surface area contributed by atoms with Crippen molar-refractivity contribution in [1.29, 1.82) is 0 Å². The molecule has 1 aliphatic rings. The molecule has 0 bridgehead atoms. The number of ether oxygens (including phenoxy) is 3. The third-order valence-corrected chi connectivity index (χ3v) is 6.09. The van der Waals surface area contributed by atoms with Crippen LogP contribution in [0.5, 0.6) is 0 Å². The Morgan fingerprint density at radius 2 is 1.97 bits per heavy atom. The molecule has 1 atom stereocenters. The Morgan fingerprint density at radius 3 is 2.61 bits per heavy atom. The summed E-state index contributed by atoms with van der Waals surface area (Å²) in [6, 6.07) is 4.23. The highest BCUT2D eigenvalue weighted by Crippen LogP contribution is 2.25. The van der Waals surface area contributed by atoms with Crippen LogP contribution in [-0.4, -0.2) is 65.3 Å². The molecule has 0 spiro atoms. The van der Waals surface area contributed by atoms with E-state index in [-0.39, 0.29) is 40.5 Å². The van der Waals surface area contributed by atoms with Gasteiger partial charge in [0.25, 0.3) is 0 Å². The zero-order valence-corrected chi connectivity index (χ0v) is 19.9. The number of methoxy groups -OCH3 is 2. The molecule has 0 saturated carbocycles. The van der Waals surface area contributed by atoms with E-state index >= 15 is 0 Å². The fourth-order valence-corrected chi connectivity index (χ4v) is 4.25. The van der Waals surface area contributed by atoms with Crippen molar-refractivity contribution in [2.45, 2.75) is 50.4 Å². The van der Waals surface area contributed by atoms with Crippen LogP contribution in [0.25, 0.3) is 0 Å². The Kier molecular flexibility index (Phi) is 8.45. The van der Waals surface area contributed by atoms with Crippen LogP contribution < -0.4 is 5.32 Å². The minimum atomic E-state index is -0.632. The first-order valence-corrected chi connectivity index (χ1v) is 11.6. The van der Waals surface area contributed by atoms with E-state index in [1.54, 1.807) is 0 Å². The zero-order valence-electron chi connectivity index (χ0n) is 19.1. The first-order chi connectivity index (χ1) is 15.8. The third-order valence-electron chi connectivity index (χ3n) is 5.12. The van der Waals surface area contributed by atoms with E-state index in [4.69, 9.17) is 14.2 Å². The number of hydrogen-bond acceptors (Lipinski definition) is 9.